The zero-order valence-corrected chi connectivity index (χ0v) is 20.0. The molecular formula is C25H27ClN2O3S. The van der Waals surface area contributed by atoms with Crippen LogP contribution in [-0.2, 0) is 21.2 Å². The first kappa shape index (κ1) is 23.8. The Labute approximate surface area is 195 Å². The smallest absolute Gasteiger partial charge is 0.264 e. The summed E-state index contributed by atoms with van der Waals surface area (Å²) in [5, 5.41) is 3.34. The largest absolute Gasteiger partial charge is 0.348 e. The Bertz CT molecular complexity index is 1180. The van der Waals surface area contributed by atoms with Crippen LogP contribution in [0.4, 0.5) is 5.69 Å². The lowest BCUT2D eigenvalue weighted by molar-refractivity contribution is -0.120. The van der Waals surface area contributed by atoms with E-state index in [4.69, 9.17) is 11.6 Å². The molecule has 0 heterocycles. The van der Waals surface area contributed by atoms with E-state index in [2.05, 4.69) is 12.2 Å². The Morgan fingerprint density at radius 1 is 1.03 bits per heavy atom. The lowest BCUT2D eigenvalue weighted by Gasteiger charge is -2.25. The van der Waals surface area contributed by atoms with E-state index >= 15 is 0 Å². The van der Waals surface area contributed by atoms with Crippen LogP contribution in [0.15, 0.2) is 77.7 Å². The molecule has 168 valence electrons. The highest BCUT2D eigenvalue weighted by Crippen LogP contribution is 2.28. The lowest BCUT2D eigenvalue weighted by Crippen LogP contribution is -2.41. The maximum absolute atomic E-state index is 13.4. The summed E-state index contributed by atoms with van der Waals surface area (Å²) in [4.78, 5) is 13.0. The van der Waals surface area contributed by atoms with Crippen LogP contribution in [0.5, 0.6) is 0 Å². The number of nitrogens with zero attached hydrogens (tertiary/aromatic N) is 1. The first-order valence-electron chi connectivity index (χ1n) is 10.4. The molecule has 7 heteroatoms. The molecule has 32 heavy (non-hydrogen) atoms. The molecule has 1 N–H and O–H groups in total. The molecule has 3 aromatic carbocycles. The van der Waals surface area contributed by atoms with Crippen LogP contribution in [0.3, 0.4) is 0 Å². The third-order valence-corrected chi connectivity index (χ3v) is 7.52. The van der Waals surface area contributed by atoms with Crippen molar-refractivity contribution in [2.45, 2.75) is 38.1 Å². The number of anilines is 1. The third kappa shape index (κ3) is 5.50. The summed E-state index contributed by atoms with van der Waals surface area (Å²) in [6.07, 6.45) is 0.937. The number of hydrogen-bond donors (Lipinski definition) is 1. The van der Waals surface area contributed by atoms with Gasteiger partial charge in [0, 0.05) is 5.02 Å². The number of amides is 1. The molecule has 0 fully saturated rings. The second-order valence-corrected chi connectivity index (χ2v) is 9.91. The summed E-state index contributed by atoms with van der Waals surface area (Å²) >= 11 is 6.26. The van der Waals surface area contributed by atoms with Crippen LogP contribution in [0.1, 0.15) is 36.6 Å². The molecule has 1 atom stereocenters. The Hall–Kier alpha value is -2.83. The van der Waals surface area contributed by atoms with Gasteiger partial charge in [0.1, 0.15) is 6.54 Å². The molecule has 0 bridgehead atoms. The maximum Gasteiger partial charge on any atom is 0.264 e. The third-order valence-electron chi connectivity index (χ3n) is 5.33. The molecule has 0 saturated heterocycles. The molecule has 0 unspecified atom stereocenters. The van der Waals surface area contributed by atoms with Gasteiger partial charge in [0.25, 0.3) is 10.0 Å². The zero-order chi connectivity index (χ0) is 23.3. The number of nitrogens with one attached hydrogen (secondary N) is 1. The lowest BCUT2D eigenvalue weighted by atomic mass is 10.1. The predicted octanol–water partition coefficient (Wildman–Crippen LogP) is 5.28. The predicted molar refractivity (Wildman–Crippen MR) is 130 cm³/mol. The van der Waals surface area contributed by atoms with Gasteiger partial charge < -0.3 is 5.32 Å². The van der Waals surface area contributed by atoms with Crippen molar-refractivity contribution < 1.29 is 13.2 Å². The molecule has 0 aliphatic carbocycles. The van der Waals surface area contributed by atoms with E-state index in [1.807, 2.05) is 38.1 Å². The molecule has 0 saturated carbocycles. The van der Waals surface area contributed by atoms with E-state index in [1.54, 1.807) is 36.4 Å². The second kappa shape index (κ2) is 10.2. The molecule has 0 spiro atoms. The van der Waals surface area contributed by atoms with Crippen molar-refractivity contribution in [2.75, 3.05) is 10.8 Å². The molecule has 0 aliphatic heterocycles. The second-order valence-electron chi connectivity index (χ2n) is 7.64. The van der Waals surface area contributed by atoms with Gasteiger partial charge >= 0.3 is 0 Å². The van der Waals surface area contributed by atoms with Crippen molar-refractivity contribution in [2.24, 2.45) is 0 Å². The van der Waals surface area contributed by atoms with E-state index in [9.17, 15) is 13.2 Å². The van der Waals surface area contributed by atoms with Gasteiger partial charge in [-0.15, -0.1) is 0 Å². The van der Waals surface area contributed by atoms with Gasteiger partial charge in [0.05, 0.1) is 16.6 Å². The number of sulfonamides is 1. The topological polar surface area (TPSA) is 66.5 Å². The number of aryl methyl sites for hydroxylation is 2. The number of carbonyl (C=O) groups is 1. The fraction of sp³-hybridized carbons (Fsp3) is 0.240. The maximum atomic E-state index is 13.4. The van der Waals surface area contributed by atoms with Crippen molar-refractivity contribution in [3.8, 4) is 0 Å². The molecule has 1 amide bonds. The van der Waals surface area contributed by atoms with Gasteiger partial charge in [0.2, 0.25) is 5.91 Å². The highest BCUT2D eigenvalue weighted by molar-refractivity contribution is 7.92. The first-order valence-corrected chi connectivity index (χ1v) is 12.3. The van der Waals surface area contributed by atoms with Gasteiger partial charge in [-0.25, -0.2) is 8.42 Å². The standard InChI is InChI=1S/C25H27ClN2O3S/c1-4-20-11-13-21(14-12-20)19(3)27-25(29)17-28(22-15-10-18(2)24(26)16-22)32(30,31)23-8-6-5-7-9-23/h5-16,19H,4,17H2,1-3H3,(H,27,29)/t19-/m1/s1. The van der Waals surface area contributed by atoms with Crippen molar-refractivity contribution in [1.29, 1.82) is 0 Å². The average molecular weight is 471 g/mol. The van der Waals surface area contributed by atoms with Crippen LogP contribution in [0, 0.1) is 6.92 Å². The van der Waals surface area contributed by atoms with Crippen molar-refractivity contribution in [1.82, 2.24) is 5.32 Å². The van der Waals surface area contributed by atoms with Gasteiger partial charge in [-0.2, -0.15) is 0 Å². The quantitative estimate of drug-likeness (QED) is 0.486. The Kier molecular flexibility index (Phi) is 7.59. The molecule has 0 aliphatic rings. The van der Waals surface area contributed by atoms with E-state index < -0.39 is 15.9 Å². The molecule has 3 rings (SSSR count). The Morgan fingerprint density at radius 2 is 1.69 bits per heavy atom. The van der Waals surface area contributed by atoms with E-state index in [0.29, 0.717) is 10.7 Å². The number of rotatable bonds is 8. The van der Waals surface area contributed by atoms with Crippen molar-refractivity contribution in [3.63, 3.8) is 0 Å². The van der Waals surface area contributed by atoms with Crippen LogP contribution >= 0.6 is 11.6 Å². The number of hydrogen-bond acceptors (Lipinski definition) is 3. The van der Waals surface area contributed by atoms with E-state index in [1.165, 1.54) is 17.7 Å². The summed E-state index contributed by atoms with van der Waals surface area (Å²) in [6.45, 7) is 5.42. The highest BCUT2D eigenvalue weighted by Gasteiger charge is 2.28. The van der Waals surface area contributed by atoms with E-state index in [0.717, 1.165) is 21.9 Å². The molecule has 0 aromatic heterocycles. The summed E-state index contributed by atoms with van der Waals surface area (Å²) < 4.78 is 27.9. The average Bonchev–Trinajstić information content (AvgIpc) is 2.80. The van der Waals surface area contributed by atoms with Crippen molar-refractivity contribution >= 4 is 33.2 Å². The number of benzene rings is 3. The SMILES string of the molecule is CCc1ccc([C@@H](C)NC(=O)CN(c2ccc(C)c(Cl)c2)S(=O)(=O)c2ccccc2)cc1. The minimum absolute atomic E-state index is 0.104. The van der Waals surface area contributed by atoms with Crippen LogP contribution in [0.2, 0.25) is 5.02 Å². The molecule has 0 radical (unpaired) electrons. The highest BCUT2D eigenvalue weighted by atomic mass is 35.5. The molecular weight excluding hydrogens is 444 g/mol. The van der Waals surface area contributed by atoms with Gasteiger partial charge in [0.15, 0.2) is 0 Å². The van der Waals surface area contributed by atoms with Crippen LogP contribution in [0.25, 0.3) is 0 Å². The normalized spacial score (nSPS) is 12.2. The van der Waals surface area contributed by atoms with Crippen LogP contribution in [-0.4, -0.2) is 20.9 Å². The van der Waals surface area contributed by atoms with Crippen LogP contribution < -0.4 is 9.62 Å². The fourth-order valence-electron chi connectivity index (χ4n) is 3.31. The minimum atomic E-state index is -3.97. The first-order chi connectivity index (χ1) is 15.2. The monoisotopic (exact) mass is 470 g/mol. The molecule has 3 aromatic rings. The fourth-order valence-corrected chi connectivity index (χ4v) is 4.92. The summed E-state index contributed by atoms with van der Waals surface area (Å²) in [7, 11) is -3.97. The van der Waals surface area contributed by atoms with Gasteiger partial charge in [-0.3, -0.25) is 9.10 Å². The number of carbonyl (C=O) groups excluding carboxylic acids is 1. The zero-order valence-electron chi connectivity index (χ0n) is 18.4. The van der Waals surface area contributed by atoms with Gasteiger partial charge in [-0.1, -0.05) is 67.1 Å². The number of halogens is 1. The summed E-state index contributed by atoms with van der Waals surface area (Å²) in [5.41, 5.74) is 3.32. The van der Waals surface area contributed by atoms with Gasteiger partial charge in [-0.05, 0) is 61.2 Å². The summed E-state index contributed by atoms with van der Waals surface area (Å²) in [5.74, 6) is -0.409. The molecule has 5 nitrogen and oxygen atoms in total. The van der Waals surface area contributed by atoms with E-state index in [-0.39, 0.29) is 17.5 Å². The van der Waals surface area contributed by atoms with Crippen molar-refractivity contribution in [3.05, 3.63) is 94.5 Å². The Morgan fingerprint density at radius 3 is 2.28 bits per heavy atom. The summed E-state index contributed by atoms with van der Waals surface area (Å²) in [6, 6.07) is 20.7. The Balaban J connectivity index is 1.88. The minimum Gasteiger partial charge on any atom is -0.348 e.